The van der Waals surface area contributed by atoms with Crippen molar-refractivity contribution in [2.24, 2.45) is 10.5 Å². The molecule has 11 heteroatoms. The predicted octanol–water partition coefficient (Wildman–Crippen LogP) is 4.53. The molecule has 0 aliphatic rings. The third kappa shape index (κ3) is 7.88. The molecule has 0 unspecified atom stereocenters. The molecule has 0 heterocycles. The van der Waals surface area contributed by atoms with Crippen LogP contribution < -0.4 is 10.6 Å². The molecule has 0 atom stereocenters. The molecule has 0 aromatic heterocycles. The highest BCUT2D eigenvalue weighted by Crippen LogP contribution is 2.28. The van der Waals surface area contributed by atoms with E-state index in [0.717, 1.165) is 0 Å². The van der Waals surface area contributed by atoms with E-state index in [0.29, 0.717) is 55.5 Å². The van der Waals surface area contributed by atoms with Crippen LogP contribution in [0.4, 0.5) is 5.69 Å². The Morgan fingerprint density at radius 1 is 1.09 bits per heavy atom. The average Bonchev–Trinajstić information content (AvgIpc) is 2.75. The number of rotatable bonds is 13. The first-order chi connectivity index (χ1) is 15.9. The van der Waals surface area contributed by atoms with Crippen molar-refractivity contribution in [1.29, 1.82) is 0 Å². The number of carbonyl (C=O) groups is 1. The van der Waals surface area contributed by atoms with Gasteiger partial charge >= 0.3 is 0 Å². The largest absolute Gasteiger partial charge is 0.383 e. The molecule has 2 rings (SSSR count). The summed E-state index contributed by atoms with van der Waals surface area (Å²) in [5.41, 5.74) is 8.01. The zero-order chi connectivity index (χ0) is 25.4. The molecule has 1 amide bonds. The van der Waals surface area contributed by atoms with Gasteiger partial charge in [0.2, 0.25) is 5.91 Å². The molecule has 0 saturated carbocycles. The fourth-order valence-corrected chi connectivity index (χ4v) is 4.11. The fourth-order valence-electron chi connectivity index (χ4n) is 3.40. The van der Waals surface area contributed by atoms with Gasteiger partial charge in [-0.05, 0) is 44.4 Å². The maximum Gasteiger partial charge on any atom is 0.295 e. The fraction of sp³-hybridized carbons (Fsp3) is 0.522. The maximum atomic E-state index is 12.7. The van der Waals surface area contributed by atoms with Crippen molar-refractivity contribution in [3.8, 4) is 0 Å². The summed E-state index contributed by atoms with van der Waals surface area (Å²) >= 11 is 0. The second-order valence-corrected chi connectivity index (χ2v) is 10.7. The summed E-state index contributed by atoms with van der Waals surface area (Å²) in [5.74, 6) is -0.101. The number of azide groups is 1. The Hall–Kier alpha value is -2.85. The Morgan fingerprint density at radius 2 is 1.76 bits per heavy atom. The molecule has 0 fully saturated rings. The van der Waals surface area contributed by atoms with Crippen LogP contribution in [0, 0.1) is 5.41 Å². The molecule has 0 spiro atoms. The van der Waals surface area contributed by atoms with Gasteiger partial charge in [0.15, 0.2) is 0 Å². The zero-order valence-electron chi connectivity index (χ0n) is 20.0. The van der Waals surface area contributed by atoms with Crippen LogP contribution in [-0.2, 0) is 19.6 Å². The van der Waals surface area contributed by atoms with Gasteiger partial charge in [-0.15, -0.1) is 0 Å². The molecule has 0 aliphatic heterocycles. The predicted molar refractivity (Wildman–Crippen MR) is 132 cm³/mol. The monoisotopic (exact) mass is 491 g/mol. The number of carbonyl (C=O) groups excluding carboxylic acids is 1. The van der Waals surface area contributed by atoms with Crippen LogP contribution >= 0.6 is 0 Å². The van der Waals surface area contributed by atoms with Gasteiger partial charge in [-0.25, -0.2) is 0 Å². The molecule has 0 saturated heterocycles. The van der Waals surface area contributed by atoms with Crippen molar-refractivity contribution >= 4 is 32.5 Å². The molecule has 34 heavy (non-hydrogen) atoms. The van der Waals surface area contributed by atoms with Crippen molar-refractivity contribution in [2.45, 2.75) is 51.0 Å². The summed E-state index contributed by atoms with van der Waals surface area (Å²) in [4.78, 5) is 15.3. The minimum absolute atomic E-state index is 0.101. The van der Waals surface area contributed by atoms with Gasteiger partial charge in [-0.2, -0.15) is 8.42 Å². The minimum atomic E-state index is -4.34. The highest BCUT2D eigenvalue weighted by molar-refractivity contribution is 7.86. The number of anilines is 1. The first-order valence-corrected chi connectivity index (χ1v) is 12.5. The Kier molecular flexibility index (Phi) is 9.29. The Balaban J connectivity index is 1.87. The molecule has 2 aromatic carbocycles. The topological polar surface area (TPSA) is 153 Å². The average molecular weight is 492 g/mol. The summed E-state index contributed by atoms with van der Waals surface area (Å²) < 4.78 is 38.6. The number of hydrogen-bond donors (Lipinski definition) is 3. The Bertz CT molecular complexity index is 1160. The number of hydrogen-bond acceptors (Lipinski definition) is 6. The SMILES string of the molecule is CC(C)(CCN=[N+]=[N-])OCCC(C)(C)C(=O)NCCNc1cccc2c(S(=O)(=O)O)cccc12. The van der Waals surface area contributed by atoms with E-state index in [9.17, 15) is 17.8 Å². The summed E-state index contributed by atoms with van der Waals surface area (Å²) in [6, 6.07) is 9.84. The smallest absolute Gasteiger partial charge is 0.295 e. The molecular formula is C23H33N5O5S. The quantitative estimate of drug-likeness (QED) is 0.123. The van der Waals surface area contributed by atoms with Gasteiger partial charge in [0.1, 0.15) is 4.90 Å². The number of nitrogens with one attached hydrogen (secondary N) is 2. The van der Waals surface area contributed by atoms with E-state index in [1.807, 2.05) is 33.8 Å². The summed E-state index contributed by atoms with van der Waals surface area (Å²) in [6.07, 6.45) is 1.12. The maximum absolute atomic E-state index is 12.7. The van der Waals surface area contributed by atoms with Crippen LogP contribution in [0.25, 0.3) is 21.2 Å². The number of benzene rings is 2. The Labute approximate surface area is 200 Å². The van der Waals surface area contributed by atoms with Gasteiger partial charge in [0, 0.05) is 53.0 Å². The van der Waals surface area contributed by atoms with Crippen LogP contribution in [0.15, 0.2) is 46.4 Å². The molecule has 0 aliphatic carbocycles. The van der Waals surface area contributed by atoms with E-state index in [1.165, 1.54) is 6.07 Å². The van der Waals surface area contributed by atoms with E-state index in [4.69, 9.17) is 10.3 Å². The van der Waals surface area contributed by atoms with E-state index in [2.05, 4.69) is 20.7 Å². The molecular weight excluding hydrogens is 458 g/mol. The highest BCUT2D eigenvalue weighted by Gasteiger charge is 2.28. The lowest BCUT2D eigenvalue weighted by molar-refractivity contribution is -0.131. The van der Waals surface area contributed by atoms with Crippen LogP contribution in [0.1, 0.15) is 40.5 Å². The third-order valence-corrected chi connectivity index (χ3v) is 6.51. The molecule has 186 valence electrons. The van der Waals surface area contributed by atoms with Crippen LogP contribution in [0.5, 0.6) is 0 Å². The van der Waals surface area contributed by atoms with Crippen molar-refractivity contribution in [2.75, 3.05) is 31.6 Å². The van der Waals surface area contributed by atoms with Crippen molar-refractivity contribution < 1.29 is 22.5 Å². The zero-order valence-corrected chi connectivity index (χ0v) is 20.9. The van der Waals surface area contributed by atoms with Crippen LogP contribution in [0.2, 0.25) is 0 Å². The van der Waals surface area contributed by atoms with Gasteiger partial charge in [-0.1, -0.05) is 43.2 Å². The number of fused-ring (bicyclic) bond motifs is 1. The summed E-state index contributed by atoms with van der Waals surface area (Å²) in [7, 11) is -4.34. The molecule has 2 aromatic rings. The van der Waals surface area contributed by atoms with Gasteiger partial charge in [-0.3, -0.25) is 9.35 Å². The second-order valence-electron chi connectivity index (χ2n) is 9.26. The van der Waals surface area contributed by atoms with Gasteiger partial charge in [0.05, 0.1) is 5.60 Å². The van der Waals surface area contributed by atoms with Crippen molar-refractivity contribution in [3.05, 3.63) is 46.8 Å². The first-order valence-electron chi connectivity index (χ1n) is 11.0. The highest BCUT2D eigenvalue weighted by atomic mass is 32.2. The third-order valence-electron chi connectivity index (χ3n) is 5.60. The lowest BCUT2D eigenvalue weighted by Gasteiger charge is -2.28. The first kappa shape index (κ1) is 27.4. The Morgan fingerprint density at radius 3 is 2.44 bits per heavy atom. The number of amides is 1. The lowest BCUT2D eigenvalue weighted by atomic mass is 9.88. The summed E-state index contributed by atoms with van der Waals surface area (Å²) in [6.45, 7) is 9.11. The van der Waals surface area contributed by atoms with E-state index >= 15 is 0 Å². The van der Waals surface area contributed by atoms with Crippen molar-refractivity contribution in [3.63, 3.8) is 0 Å². The normalized spacial score (nSPS) is 12.3. The molecule has 10 nitrogen and oxygen atoms in total. The standard InChI is InChI=1S/C23H33N5O5S/c1-22(2,12-16-33-23(3,4)11-13-27-28-24)21(29)26-15-14-25-19-9-5-8-18-17(19)7-6-10-20(18)34(30,31)32/h5-10,25H,11-16H2,1-4H3,(H,26,29)(H,30,31,32). The van der Waals surface area contributed by atoms with Crippen LogP contribution in [-0.4, -0.2) is 50.7 Å². The van der Waals surface area contributed by atoms with E-state index in [1.54, 1.807) is 24.3 Å². The molecule has 0 bridgehead atoms. The molecule has 0 radical (unpaired) electrons. The van der Waals surface area contributed by atoms with E-state index < -0.39 is 21.1 Å². The second kappa shape index (κ2) is 11.5. The minimum Gasteiger partial charge on any atom is -0.383 e. The van der Waals surface area contributed by atoms with E-state index in [-0.39, 0.29) is 10.8 Å². The van der Waals surface area contributed by atoms with Gasteiger partial charge in [0.25, 0.3) is 10.1 Å². The summed E-state index contributed by atoms with van der Waals surface area (Å²) in [5, 5.41) is 10.7. The van der Waals surface area contributed by atoms with Gasteiger partial charge < -0.3 is 15.4 Å². The number of nitrogens with zero attached hydrogens (tertiary/aromatic N) is 3. The van der Waals surface area contributed by atoms with Crippen LogP contribution in [0.3, 0.4) is 0 Å². The number of ether oxygens (including phenoxy) is 1. The van der Waals surface area contributed by atoms with Crippen molar-refractivity contribution in [1.82, 2.24) is 5.32 Å². The lowest BCUT2D eigenvalue weighted by Crippen LogP contribution is -2.40. The molecule has 3 N–H and O–H groups in total.